The zero-order chi connectivity index (χ0) is 27.1. The van der Waals surface area contributed by atoms with E-state index >= 15 is 0 Å². The number of aromatic nitrogens is 5. The molecule has 194 valence electrons. The minimum atomic E-state index is -1.64. The van der Waals surface area contributed by atoms with Crippen molar-refractivity contribution >= 4 is 10.9 Å². The summed E-state index contributed by atoms with van der Waals surface area (Å²) in [6, 6.07) is 19.1. The predicted octanol–water partition coefficient (Wildman–Crippen LogP) is 5.56. The Morgan fingerprint density at radius 1 is 0.921 bits per heavy atom. The molecule has 9 heteroatoms. The van der Waals surface area contributed by atoms with Crippen LogP contribution in [-0.2, 0) is 19.3 Å². The maximum Gasteiger partial charge on any atom is 0.205 e. The Kier molecular flexibility index (Phi) is 6.40. The third kappa shape index (κ3) is 4.72. The third-order valence-corrected chi connectivity index (χ3v) is 6.55. The first-order valence-electron chi connectivity index (χ1n) is 12.1. The maximum atomic E-state index is 14.3. The van der Waals surface area contributed by atoms with Gasteiger partial charge in [0.25, 0.3) is 0 Å². The highest BCUT2D eigenvalue weighted by Gasteiger charge is 2.45. The molecule has 0 aliphatic carbocycles. The van der Waals surface area contributed by atoms with E-state index in [1.54, 1.807) is 55.6 Å². The Labute approximate surface area is 218 Å². The van der Waals surface area contributed by atoms with Crippen LogP contribution in [0.25, 0.3) is 22.3 Å². The van der Waals surface area contributed by atoms with Gasteiger partial charge >= 0.3 is 0 Å². The molecule has 5 aromatic rings. The first-order chi connectivity index (χ1) is 18.0. The fourth-order valence-electron chi connectivity index (χ4n) is 4.58. The molecule has 5 rings (SSSR count). The van der Waals surface area contributed by atoms with Crippen LogP contribution in [0.5, 0.6) is 5.75 Å². The molecule has 1 unspecified atom stereocenters. The van der Waals surface area contributed by atoms with E-state index < -0.39 is 16.8 Å². The lowest BCUT2D eigenvalue weighted by Gasteiger charge is -2.42. The third-order valence-electron chi connectivity index (χ3n) is 6.55. The maximum absolute atomic E-state index is 14.3. The highest BCUT2D eigenvalue weighted by atomic mass is 19.1. The number of hydrogen-bond donors (Lipinski definition) is 1. The highest BCUT2D eigenvalue weighted by molar-refractivity contribution is 5.78. The van der Waals surface area contributed by atoms with Crippen molar-refractivity contribution in [3.05, 3.63) is 101 Å². The van der Waals surface area contributed by atoms with Gasteiger partial charge in [0.1, 0.15) is 29.6 Å². The standard InChI is InChI=1S/C29H27F2N5O2/c1-28(2,3)29(37,19-6-5-7-20(30)15-19)25-16-23(11-12-24(25)27-33-35-36(4)34-27)38-17-22-10-8-18-14-21(31)9-13-26(18)32-22/h5-16,37H,17H2,1-4H3. The van der Waals surface area contributed by atoms with Crippen LogP contribution in [0.4, 0.5) is 8.78 Å². The van der Waals surface area contributed by atoms with Crippen molar-refractivity contribution in [1.82, 2.24) is 25.2 Å². The largest absolute Gasteiger partial charge is 0.487 e. The van der Waals surface area contributed by atoms with E-state index in [0.29, 0.717) is 44.9 Å². The van der Waals surface area contributed by atoms with Crippen LogP contribution in [0, 0.1) is 17.0 Å². The molecule has 2 heterocycles. The van der Waals surface area contributed by atoms with E-state index in [4.69, 9.17) is 4.74 Å². The Balaban J connectivity index is 1.58. The molecular formula is C29H27F2N5O2. The number of pyridine rings is 1. The Bertz CT molecular complexity index is 1630. The quantitative estimate of drug-likeness (QED) is 0.319. The summed E-state index contributed by atoms with van der Waals surface area (Å²) in [6.07, 6.45) is 0. The molecule has 0 radical (unpaired) electrons. The van der Waals surface area contributed by atoms with Crippen LogP contribution < -0.4 is 4.74 Å². The molecule has 0 aliphatic rings. The summed E-state index contributed by atoms with van der Waals surface area (Å²) in [5, 5.41) is 25.5. The van der Waals surface area contributed by atoms with Crippen LogP contribution in [0.1, 0.15) is 37.6 Å². The molecule has 0 amide bonds. The molecule has 1 N–H and O–H groups in total. The average Bonchev–Trinajstić information content (AvgIpc) is 3.32. The fraction of sp³-hybridized carbons (Fsp3) is 0.241. The summed E-state index contributed by atoms with van der Waals surface area (Å²) in [5.74, 6) is 0.00134. The second kappa shape index (κ2) is 9.57. The Morgan fingerprint density at radius 3 is 2.42 bits per heavy atom. The second-order valence-electron chi connectivity index (χ2n) is 10.2. The van der Waals surface area contributed by atoms with Crippen LogP contribution >= 0.6 is 0 Å². The van der Waals surface area contributed by atoms with Gasteiger partial charge in [0.15, 0.2) is 0 Å². The molecule has 3 aromatic carbocycles. The summed E-state index contributed by atoms with van der Waals surface area (Å²) in [5.41, 5.74) is 0.267. The van der Waals surface area contributed by atoms with Gasteiger partial charge in [-0.25, -0.2) is 13.8 Å². The monoisotopic (exact) mass is 515 g/mol. The van der Waals surface area contributed by atoms with Gasteiger partial charge in [0.05, 0.1) is 18.3 Å². The molecule has 7 nitrogen and oxygen atoms in total. The summed E-state index contributed by atoms with van der Waals surface area (Å²) < 4.78 is 34.0. The highest BCUT2D eigenvalue weighted by Crippen LogP contribution is 2.48. The van der Waals surface area contributed by atoms with E-state index in [0.717, 1.165) is 0 Å². The lowest BCUT2D eigenvalue weighted by atomic mass is 9.67. The predicted molar refractivity (Wildman–Crippen MR) is 139 cm³/mol. The summed E-state index contributed by atoms with van der Waals surface area (Å²) >= 11 is 0. The number of hydrogen-bond acceptors (Lipinski definition) is 6. The molecular weight excluding hydrogens is 488 g/mol. The summed E-state index contributed by atoms with van der Waals surface area (Å²) in [7, 11) is 1.65. The second-order valence-corrected chi connectivity index (χ2v) is 10.2. The number of tetrazole rings is 1. The van der Waals surface area contributed by atoms with E-state index in [1.807, 2.05) is 20.8 Å². The van der Waals surface area contributed by atoms with Gasteiger partial charge in [0.2, 0.25) is 5.82 Å². The molecule has 0 bridgehead atoms. The number of aryl methyl sites for hydroxylation is 1. The zero-order valence-electron chi connectivity index (χ0n) is 21.5. The van der Waals surface area contributed by atoms with Gasteiger partial charge in [-0.2, -0.15) is 4.80 Å². The number of aliphatic hydroxyl groups is 1. The van der Waals surface area contributed by atoms with Crippen LogP contribution in [0.2, 0.25) is 0 Å². The topological polar surface area (TPSA) is 86.0 Å². The fourth-order valence-corrected chi connectivity index (χ4v) is 4.58. The minimum Gasteiger partial charge on any atom is -0.487 e. The van der Waals surface area contributed by atoms with Gasteiger partial charge in [-0.3, -0.25) is 0 Å². The smallest absolute Gasteiger partial charge is 0.205 e. The summed E-state index contributed by atoms with van der Waals surface area (Å²) in [4.78, 5) is 5.89. The SMILES string of the molecule is Cn1nnc(-c2ccc(OCc3ccc4cc(F)ccc4n3)cc2C(O)(c2cccc(F)c2)C(C)(C)C)n1. The van der Waals surface area contributed by atoms with Crippen molar-refractivity contribution in [3.8, 4) is 17.1 Å². The van der Waals surface area contributed by atoms with Crippen LogP contribution in [0.3, 0.4) is 0 Å². The Hall–Kier alpha value is -4.24. The number of benzene rings is 3. The molecule has 0 saturated heterocycles. The lowest BCUT2D eigenvalue weighted by Crippen LogP contribution is -2.41. The minimum absolute atomic E-state index is 0.142. The van der Waals surface area contributed by atoms with Gasteiger partial charge in [-0.05, 0) is 70.8 Å². The van der Waals surface area contributed by atoms with E-state index in [1.165, 1.54) is 29.1 Å². The number of fused-ring (bicyclic) bond motifs is 1. The molecule has 0 aliphatic heterocycles. The molecule has 0 fully saturated rings. The summed E-state index contributed by atoms with van der Waals surface area (Å²) in [6.45, 7) is 5.77. The van der Waals surface area contributed by atoms with Crippen LogP contribution in [-0.4, -0.2) is 30.3 Å². The van der Waals surface area contributed by atoms with Gasteiger partial charge in [-0.1, -0.05) is 39.0 Å². The zero-order valence-corrected chi connectivity index (χ0v) is 21.5. The van der Waals surface area contributed by atoms with Gasteiger partial charge in [0, 0.05) is 16.5 Å². The lowest BCUT2D eigenvalue weighted by molar-refractivity contribution is -0.0258. The molecule has 2 aromatic heterocycles. The number of nitrogens with zero attached hydrogens (tertiary/aromatic N) is 5. The van der Waals surface area contributed by atoms with Crippen molar-refractivity contribution in [1.29, 1.82) is 0 Å². The van der Waals surface area contributed by atoms with Gasteiger partial charge < -0.3 is 9.84 Å². The van der Waals surface area contributed by atoms with Crippen molar-refractivity contribution in [2.24, 2.45) is 12.5 Å². The van der Waals surface area contributed by atoms with E-state index in [-0.39, 0.29) is 12.4 Å². The van der Waals surface area contributed by atoms with Crippen molar-refractivity contribution in [2.75, 3.05) is 0 Å². The van der Waals surface area contributed by atoms with E-state index in [2.05, 4.69) is 20.4 Å². The Morgan fingerprint density at radius 2 is 1.71 bits per heavy atom. The molecule has 38 heavy (non-hydrogen) atoms. The number of halogens is 2. The van der Waals surface area contributed by atoms with Crippen molar-refractivity contribution in [2.45, 2.75) is 33.0 Å². The van der Waals surface area contributed by atoms with Crippen molar-refractivity contribution in [3.63, 3.8) is 0 Å². The number of rotatable bonds is 6. The first kappa shape index (κ1) is 25.4. The first-order valence-corrected chi connectivity index (χ1v) is 12.1. The van der Waals surface area contributed by atoms with Crippen molar-refractivity contribution < 1.29 is 18.6 Å². The van der Waals surface area contributed by atoms with Gasteiger partial charge in [-0.15, -0.1) is 10.2 Å². The molecule has 0 saturated carbocycles. The molecule has 1 atom stereocenters. The number of ether oxygens (including phenoxy) is 1. The van der Waals surface area contributed by atoms with E-state index in [9.17, 15) is 13.9 Å². The van der Waals surface area contributed by atoms with Crippen LogP contribution in [0.15, 0.2) is 72.8 Å². The normalized spacial score (nSPS) is 13.4. The average molecular weight is 516 g/mol. The molecule has 0 spiro atoms.